The summed E-state index contributed by atoms with van der Waals surface area (Å²) >= 11 is 3.47. The Hall–Kier alpha value is -0.560. The smallest absolute Gasteiger partial charge is 0.00660 e. The molecule has 0 N–H and O–H groups in total. The molecule has 1 heteroatoms. The molecule has 0 spiro atoms. The van der Waals surface area contributed by atoms with E-state index < -0.39 is 0 Å². The van der Waals surface area contributed by atoms with Crippen molar-refractivity contribution in [3.63, 3.8) is 0 Å². The maximum Gasteiger partial charge on any atom is 0.00660 e. The molecule has 0 radical (unpaired) electrons. The molecule has 0 fully saturated rings. The van der Waals surface area contributed by atoms with Gasteiger partial charge in [-0.15, -0.1) is 0 Å². The molecule has 0 saturated heterocycles. The van der Waals surface area contributed by atoms with Gasteiger partial charge < -0.3 is 0 Å². The van der Waals surface area contributed by atoms with Crippen molar-refractivity contribution in [2.45, 2.75) is 46.0 Å². The van der Waals surface area contributed by atoms with Gasteiger partial charge in [-0.3, -0.25) is 0 Å². The minimum Gasteiger partial charge on any atom is -0.0925 e. The highest BCUT2D eigenvalue weighted by atomic mass is 79.9. The van der Waals surface area contributed by atoms with Gasteiger partial charge in [0, 0.05) is 5.33 Å². The first-order chi connectivity index (χ1) is 8.07. The molecule has 0 nitrogen and oxygen atoms in total. The number of alkyl halides is 1. The van der Waals surface area contributed by atoms with Crippen LogP contribution in [0.5, 0.6) is 0 Å². The molecule has 0 atom stereocenters. The summed E-state index contributed by atoms with van der Waals surface area (Å²) in [5.41, 5.74) is 4.35. The summed E-state index contributed by atoms with van der Waals surface area (Å²) in [7, 11) is 0. The van der Waals surface area contributed by atoms with E-state index in [1.54, 1.807) is 0 Å². The van der Waals surface area contributed by atoms with Crippen molar-refractivity contribution in [1.29, 1.82) is 0 Å². The molecule has 0 unspecified atom stereocenters. The Bertz CT molecular complexity index is 349. The molecular weight excluding hydrogens is 272 g/mol. The SMILES string of the molecule is CC(C)c1cccc(C(C)C)c1C=CCCBr. The van der Waals surface area contributed by atoms with Crippen LogP contribution in [-0.2, 0) is 0 Å². The molecule has 0 saturated carbocycles. The average molecular weight is 295 g/mol. The highest BCUT2D eigenvalue weighted by molar-refractivity contribution is 9.09. The zero-order valence-corrected chi connectivity index (χ0v) is 12.9. The van der Waals surface area contributed by atoms with Gasteiger partial charge in [0.25, 0.3) is 0 Å². The topological polar surface area (TPSA) is 0 Å². The van der Waals surface area contributed by atoms with Crippen LogP contribution in [0.1, 0.15) is 62.6 Å². The third kappa shape index (κ3) is 3.99. The monoisotopic (exact) mass is 294 g/mol. The summed E-state index contributed by atoms with van der Waals surface area (Å²) in [5.74, 6) is 1.16. The van der Waals surface area contributed by atoms with Crippen LogP contribution in [0.2, 0.25) is 0 Å². The van der Waals surface area contributed by atoms with Crippen molar-refractivity contribution in [3.8, 4) is 0 Å². The van der Waals surface area contributed by atoms with Crippen LogP contribution in [0, 0.1) is 0 Å². The molecule has 17 heavy (non-hydrogen) atoms. The third-order valence-corrected chi connectivity index (χ3v) is 3.44. The lowest BCUT2D eigenvalue weighted by Gasteiger charge is -2.17. The van der Waals surface area contributed by atoms with Crippen LogP contribution in [-0.4, -0.2) is 5.33 Å². The second-order valence-corrected chi connectivity index (χ2v) is 5.83. The fourth-order valence-electron chi connectivity index (χ4n) is 2.07. The van der Waals surface area contributed by atoms with Gasteiger partial charge in [-0.1, -0.05) is 74.0 Å². The predicted octanol–water partition coefficient (Wildman–Crippen LogP) is 5.73. The first kappa shape index (κ1) is 14.5. The van der Waals surface area contributed by atoms with E-state index >= 15 is 0 Å². The Labute approximate surface area is 114 Å². The normalized spacial score (nSPS) is 11.9. The molecular formula is C16H23Br. The van der Waals surface area contributed by atoms with Crippen molar-refractivity contribution < 1.29 is 0 Å². The highest BCUT2D eigenvalue weighted by Crippen LogP contribution is 2.28. The van der Waals surface area contributed by atoms with E-state index in [1.807, 2.05) is 0 Å². The molecule has 0 aliphatic heterocycles. The van der Waals surface area contributed by atoms with Gasteiger partial charge in [-0.05, 0) is 34.9 Å². The van der Waals surface area contributed by atoms with E-state index in [0.29, 0.717) is 11.8 Å². The zero-order valence-electron chi connectivity index (χ0n) is 11.3. The second-order valence-electron chi connectivity index (χ2n) is 5.04. The minimum absolute atomic E-state index is 0.581. The molecule has 1 aromatic rings. The molecule has 1 rings (SSSR count). The van der Waals surface area contributed by atoms with Crippen LogP contribution in [0.3, 0.4) is 0 Å². The van der Waals surface area contributed by atoms with Crippen molar-refractivity contribution in [3.05, 3.63) is 41.0 Å². The number of hydrogen-bond donors (Lipinski definition) is 0. The maximum atomic E-state index is 3.47. The van der Waals surface area contributed by atoms with Gasteiger partial charge in [-0.25, -0.2) is 0 Å². The van der Waals surface area contributed by atoms with Crippen LogP contribution in [0.4, 0.5) is 0 Å². The molecule has 0 amide bonds. The predicted molar refractivity (Wildman–Crippen MR) is 82.1 cm³/mol. The summed E-state index contributed by atoms with van der Waals surface area (Å²) in [6.07, 6.45) is 5.65. The maximum absolute atomic E-state index is 3.47. The average Bonchev–Trinajstić information content (AvgIpc) is 2.28. The van der Waals surface area contributed by atoms with Gasteiger partial charge in [-0.2, -0.15) is 0 Å². The molecule has 0 aliphatic carbocycles. The first-order valence-electron chi connectivity index (χ1n) is 6.43. The molecule has 0 aromatic heterocycles. The molecule has 0 heterocycles. The Morgan fingerprint density at radius 2 is 1.59 bits per heavy atom. The lowest BCUT2D eigenvalue weighted by Crippen LogP contribution is -1.99. The molecule has 1 aromatic carbocycles. The van der Waals surface area contributed by atoms with Crippen molar-refractivity contribution >= 4 is 22.0 Å². The molecule has 0 bridgehead atoms. The van der Waals surface area contributed by atoms with E-state index in [0.717, 1.165) is 11.8 Å². The van der Waals surface area contributed by atoms with Gasteiger partial charge in [0.05, 0.1) is 0 Å². The van der Waals surface area contributed by atoms with Crippen molar-refractivity contribution in [1.82, 2.24) is 0 Å². The minimum atomic E-state index is 0.581. The van der Waals surface area contributed by atoms with Crippen molar-refractivity contribution in [2.24, 2.45) is 0 Å². The summed E-state index contributed by atoms with van der Waals surface area (Å²) in [4.78, 5) is 0. The third-order valence-electron chi connectivity index (χ3n) is 2.98. The van der Waals surface area contributed by atoms with E-state index in [9.17, 15) is 0 Å². The number of hydrogen-bond acceptors (Lipinski definition) is 0. The highest BCUT2D eigenvalue weighted by Gasteiger charge is 2.10. The Balaban J connectivity index is 3.19. The standard InChI is InChI=1S/C16H23Br/c1-12(2)14-9-7-10-15(13(3)4)16(14)8-5-6-11-17/h5,7-10,12-13H,6,11H2,1-4H3. The fraction of sp³-hybridized carbons (Fsp3) is 0.500. The lowest BCUT2D eigenvalue weighted by molar-refractivity contribution is 0.829. The first-order valence-corrected chi connectivity index (χ1v) is 7.55. The summed E-state index contributed by atoms with van der Waals surface area (Å²) < 4.78 is 0. The van der Waals surface area contributed by atoms with E-state index in [4.69, 9.17) is 0 Å². The second kappa shape index (κ2) is 7.00. The van der Waals surface area contributed by atoms with Crippen LogP contribution in [0.25, 0.3) is 6.08 Å². The Morgan fingerprint density at radius 3 is 2.00 bits per heavy atom. The molecule has 0 aliphatic rings. The van der Waals surface area contributed by atoms with Gasteiger partial charge in [0.15, 0.2) is 0 Å². The van der Waals surface area contributed by atoms with Gasteiger partial charge in [0.2, 0.25) is 0 Å². The Kier molecular flexibility index (Phi) is 5.97. The van der Waals surface area contributed by atoms with Crippen LogP contribution < -0.4 is 0 Å². The number of rotatable bonds is 5. The summed E-state index contributed by atoms with van der Waals surface area (Å²) in [5, 5.41) is 1.03. The van der Waals surface area contributed by atoms with Crippen molar-refractivity contribution in [2.75, 3.05) is 5.33 Å². The summed E-state index contributed by atoms with van der Waals surface area (Å²) in [6.45, 7) is 9.06. The summed E-state index contributed by atoms with van der Waals surface area (Å²) in [6, 6.07) is 6.70. The van der Waals surface area contributed by atoms with E-state index in [1.165, 1.54) is 16.7 Å². The van der Waals surface area contributed by atoms with Crippen LogP contribution in [0.15, 0.2) is 24.3 Å². The van der Waals surface area contributed by atoms with Crippen LogP contribution >= 0.6 is 15.9 Å². The Morgan fingerprint density at radius 1 is 1.06 bits per heavy atom. The zero-order chi connectivity index (χ0) is 12.8. The number of benzene rings is 1. The number of allylic oxidation sites excluding steroid dienone is 1. The quantitative estimate of drug-likeness (QED) is 0.608. The fourth-order valence-corrected chi connectivity index (χ4v) is 2.33. The van der Waals surface area contributed by atoms with Gasteiger partial charge >= 0.3 is 0 Å². The molecule has 94 valence electrons. The number of halogens is 1. The largest absolute Gasteiger partial charge is 0.0925 e. The van der Waals surface area contributed by atoms with E-state index in [-0.39, 0.29) is 0 Å². The lowest BCUT2D eigenvalue weighted by atomic mass is 9.88. The van der Waals surface area contributed by atoms with E-state index in [2.05, 4.69) is 74.0 Å². The van der Waals surface area contributed by atoms with Gasteiger partial charge in [0.1, 0.15) is 0 Å².